The standard InChI is InChI=1S/C21H27F2N3O3.HI/c1-5-24-21(26-13(2)14-6-7-18(22)19(23)10-14)25-12-20(27)15-8-16(28-3)11-17(9-15)29-4;/h6-11,13,20,27H,5,12H2,1-4H3,(H2,24,25,26);1H. The molecule has 3 N–H and O–H groups in total. The Bertz CT molecular complexity index is 830. The summed E-state index contributed by atoms with van der Waals surface area (Å²) in [6, 6.07) is 8.57. The zero-order valence-electron chi connectivity index (χ0n) is 17.4. The summed E-state index contributed by atoms with van der Waals surface area (Å²) in [5.41, 5.74) is 1.18. The molecule has 166 valence electrons. The first-order valence-electron chi connectivity index (χ1n) is 9.28. The molecule has 0 aliphatic rings. The number of rotatable bonds is 8. The van der Waals surface area contributed by atoms with Crippen LogP contribution in [0.2, 0.25) is 0 Å². The molecule has 0 saturated heterocycles. The molecule has 0 aliphatic heterocycles. The van der Waals surface area contributed by atoms with Crippen molar-refractivity contribution in [1.29, 1.82) is 0 Å². The Kier molecular flexibility index (Phi) is 10.8. The van der Waals surface area contributed by atoms with Crippen LogP contribution in [0.4, 0.5) is 8.78 Å². The summed E-state index contributed by atoms with van der Waals surface area (Å²) in [4.78, 5) is 4.40. The number of hydrogen-bond acceptors (Lipinski definition) is 4. The molecule has 0 aliphatic carbocycles. The van der Waals surface area contributed by atoms with Gasteiger partial charge in [0.1, 0.15) is 11.5 Å². The number of halogens is 3. The van der Waals surface area contributed by atoms with Crippen LogP contribution in [-0.4, -0.2) is 38.4 Å². The fourth-order valence-corrected chi connectivity index (χ4v) is 2.70. The molecule has 30 heavy (non-hydrogen) atoms. The van der Waals surface area contributed by atoms with Crippen LogP contribution in [0.1, 0.15) is 37.1 Å². The van der Waals surface area contributed by atoms with Crippen molar-refractivity contribution in [2.45, 2.75) is 26.0 Å². The summed E-state index contributed by atoms with van der Waals surface area (Å²) < 4.78 is 37.1. The van der Waals surface area contributed by atoms with Gasteiger partial charge >= 0.3 is 0 Å². The van der Waals surface area contributed by atoms with Crippen molar-refractivity contribution in [3.8, 4) is 11.5 Å². The van der Waals surface area contributed by atoms with Gasteiger partial charge in [-0.2, -0.15) is 0 Å². The summed E-state index contributed by atoms with van der Waals surface area (Å²) in [5, 5.41) is 16.7. The summed E-state index contributed by atoms with van der Waals surface area (Å²) in [5.74, 6) is -0.212. The molecule has 0 aromatic heterocycles. The predicted octanol–water partition coefficient (Wildman–Crippen LogP) is 3.95. The highest BCUT2D eigenvalue weighted by molar-refractivity contribution is 14.0. The Morgan fingerprint density at radius 1 is 1.03 bits per heavy atom. The van der Waals surface area contributed by atoms with Gasteiger partial charge in [0.25, 0.3) is 0 Å². The molecule has 0 saturated carbocycles. The van der Waals surface area contributed by atoms with Crippen molar-refractivity contribution in [1.82, 2.24) is 10.6 Å². The fourth-order valence-electron chi connectivity index (χ4n) is 2.70. The maximum absolute atomic E-state index is 13.5. The second-order valence-electron chi connectivity index (χ2n) is 6.42. The number of hydrogen-bond donors (Lipinski definition) is 3. The monoisotopic (exact) mass is 535 g/mol. The van der Waals surface area contributed by atoms with Gasteiger partial charge in [-0.1, -0.05) is 6.07 Å². The van der Waals surface area contributed by atoms with Crippen LogP contribution in [0, 0.1) is 11.6 Å². The lowest BCUT2D eigenvalue weighted by atomic mass is 10.1. The molecule has 2 atom stereocenters. The molecule has 0 heterocycles. The predicted molar refractivity (Wildman–Crippen MR) is 124 cm³/mol. The number of guanidine groups is 1. The third kappa shape index (κ3) is 7.28. The van der Waals surface area contributed by atoms with E-state index in [-0.39, 0.29) is 36.6 Å². The van der Waals surface area contributed by atoms with E-state index in [9.17, 15) is 13.9 Å². The minimum Gasteiger partial charge on any atom is -0.497 e. The number of nitrogens with zero attached hydrogens (tertiary/aromatic N) is 1. The number of benzene rings is 2. The van der Waals surface area contributed by atoms with E-state index in [0.29, 0.717) is 35.1 Å². The summed E-state index contributed by atoms with van der Waals surface area (Å²) in [7, 11) is 3.08. The number of aliphatic hydroxyl groups is 1. The Morgan fingerprint density at radius 2 is 1.67 bits per heavy atom. The highest BCUT2D eigenvalue weighted by Crippen LogP contribution is 2.26. The molecule has 2 rings (SSSR count). The van der Waals surface area contributed by atoms with Crippen LogP contribution < -0.4 is 20.1 Å². The molecular weight excluding hydrogens is 507 g/mol. The van der Waals surface area contributed by atoms with Gasteiger partial charge < -0.3 is 25.2 Å². The Hall–Kier alpha value is -2.14. The second kappa shape index (κ2) is 12.5. The average Bonchev–Trinajstić information content (AvgIpc) is 2.73. The van der Waals surface area contributed by atoms with E-state index in [1.807, 2.05) is 13.8 Å². The number of methoxy groups -OCH3 is 2. The number of aliphatic hydroxyl groups excluding tert-OH is 1. The minimum atomic E-state index is -0.902. The normalized spacial score (nSPS) is 13.1. The van der Waals surface area contributed by atoms with Crippen LogP contribution in [-0.2, 0) is 0 Å². The molecule has 6 nitrogen and oxygen atoms in total. The van der Waals surface area contributed by atoms with E-state index in [4.69, 9.17) is 9.47 Å². The van der Waals surface area contributed by atoms with Gasteiger partial charge in [-0.25, -0.2) is 8.78 Å². The van der Waals surface area contributed by atoms with Crippen molar-refractivity contribution in [2.24, 2.45) is 4.99 Å². The lowest BCUT2D eigenvalue weighted by Crippen LogP contribution is -2.39. The van der Waals surface area contributed by atoms with Crippen molar-refractivity contribution in [3.63, 3.8) is 0 Å². The highest BCUT2D eigenvalue weighted by Gasteiger charge is 2.14. The first kappa shape index (κ1) is 25.9. The Balaban J connectivity index is 0.00000450. The van der Waals surface area contributed by atoms with Gasteiger partial charge in [0.2, 0.25) is 0 Å². The van der Waals surface area contributed by atoms with Crippen LogP contribution in [0.15, 0.2) is 41.4 Å². The molecule has 2 aromatic rings. The molecule has 2 aromatic carbocycles. The molecule has 0 radical (unpaired) electrons. The van der Waals surface area contributed by atoms with E-state index in [1.54, 1.807) is 18.2 Å². The van der Waals surface area contributed by atoms with E-state index in [0.717, 1.165) is 12.1 Å². The van der Waals surface area contributed by atoms with E-state index in [1.165, 1.54) is 20.3 Å². The summed E-state index contributed by atoms with van der Waals surface area (Å²) in [6.07, 6.45) is -0.881. The number of nitrogens with one attached hydrogen (secondary N) is 2. The number of ether oxygens (including phenoxy) is 2. The van der Waals surface area contributed by atoms with Gasteiger partial charge in [-0.15, -0.1) is 24.0 Å². The molecular formula is C21H28F2IN3O3. The summed E-state index contributed by atoms with van der Waals surface area (Å²) in [6.45, 7) is 4.39. The number of aliphatic imine (C=N–C) groups is 1. The first-order chi connectivity index (χ1) is 13.9. The van der Waals surface area contributed by atoms with Crippen molar-refractivity contribution in [3.05, 3.63) is 59.2 Å². The minimum absolute atomic E-state index is 0. The van der Waals surface area contributed by atoms with Crippen molar-refractivity contribution >= 4 is 29.9 Å². The molecule has 0 fully saturated rings. The van der Waals surface area contributed by atoms with Crippen LogP contribution in [0.3, 0.4) is 0 Å². The zero-order chi connectivity index (χ0) is 21.4. The average molecular weight is 535 g/mol. The van der Waals surface area contributed by atoms with Crippen molar-refractivity contribution in [2.75, 3.05) is 27.3 Å². The second-order valence-corrected chi connectivity index (χ2v) is 6.42. The Morgan fingerprint density at radius 3 is 2.20 bits per heavy atom. The SMILES string of the molecule is CCNC(=NCC(O)c1cc(OC)cc(OC)c1)NC(C)c1ccc(F)c(F)c1.I. The third-order valence-electron chi connectivity index (χ3n) is 4.32. The van der Waals surface area contributed by atoms with Gasteiger partial charge in [-0.05, 0) is 49.2 Å². The third-order valence-corrected chi connectivity index (χ3v) is 4.32. The van der Waals surface area contributed by atoms with Crippen molar-refractivity contribution < 1.29 is 23.4 Å². The zero-order valence-corrected chi connectivity index (χ0v) is 19.7. The van der Waals surface area contributed by atoms with Gasteiger partial charge in [0, 0.05) is 12.6 Å². The molecule has 0 spiro atoms. The summed E-state index contributed by atoms with van der Waals surface area (Å²) >= 11 is 0. The largest absolute Gasteiger partial charge is 0.497 e. The van der Waals surface area contributed by atoms with E-state index >= 15 is 0 Å². The molecule has 2 unspecified atom stereocenters. The molecule has 0 amide bonds. The topological polar surface area (TPSA) is 75.1 Å². The van der Waals surface area contributed by atoms with Crippen LogP contribution >= 0.6 is 24.0 Å². The first-order valence-corrected chi connectivity index (χ1v) is 9.28. The van der Waals surface area contributed by atoms with E-state index < -0.39 is 17.7 Å². The van der Waals surface area contributed by atoms with Crippen LogP contribution in [0.5, 0.6) is 11.5 Å². The molecule has 9 heteroatoms. The molecule has 0 bridgehead atoms. The van der Waals surface area contributed by atoms with Gasteiger partial charge in [-0.3, -0.25) is 4.99 Å². The maximum Gasteiger partial charge on any atom is 0.191 e. The maximum atomic E-state index is 13.5. The van der Waals surface area contributed by atoms with E-state index in [2.05, 4.69) is 15.6 Å². The van der Waals surface area contributed by atoms with Gasteiger partial charge in [0.05, 0.1) is 32.9 Å². The quantitative estimate of drug-likeness (QED) is 0.271. The lowest BCUT2D eigenvalue weighted by molar-refractivity contribution is 0.186. The smallest absolute Gasteiger partial charge is 0.191 e. The lowest BCUT2D eigenvalue weighted by Gasteiger charge is -2.19. The highest BCUT2D eigenvalue weighted by atomic mass is 127. The Labute approximate surface area is 192 Å². The van der Waals surface area contributed by atoms with Crippen LogP contribution in [0.25, 0.3) is 0 Å². The van der Waals surface area contributed by atoms with Gasteiger partial charge in [0.15, 0.2) is 17.6 Å². The fraction of sp³-hybridized carbons (Fsp3) is 0.381.